The van der Waals surface area contributed by atoms with E-state index in [2.05, 4.69) is 9.88 Å². The van der Waals surface area contributed by atoms with E-state index in [0.717, 1.165) is 0 Å². The molecule has 1 aromatic carbocycles. The van der Waals surface area contributed by atoms with Gasteiger partial charge >= 0.3 is 0 Å². The molecule has 2 aromatic rings. The lowest BCUT2D eigenvalue weighted by atomic mass is 9.52. The number of hydrogen-bond acceptors (Lipinski definition) is 12. The van der Waals surface area contributed by atoms with Crippen LogP contribution in [0, 0.1) is 37.5 Å². The number of aromatic nitrogens is 1. The fourth-order valence-corrected chi connectivity index (χ4v) is 8.12. The van der Waals surface area contributed by atoms with Gasteiger partial charge < -0.3 is 20.5 Å². The molecule has 41 heavy (non-hydrogen) atoms. The molecule has 1 amide bonds. The first-order valence-corrected chi connectivity index (χ1v) is 14.2. The number of Topliss-reactive ketones (excluding diaryl/α,β-unsaturated/α-hetero) is 4. The predicted molar refractivity (Wildman–Crippen MR) is 138 cm³/mol. The molecule has 0 bridgehead atoms. The van der Waals surface area contributed by atoms with E-state index in [1.54, 1.807) is 0 Å². The molecular formula is C26H28N4O10S. The third kappa shape index (κ3) is 3.94. The molecule has 6 atom stereocenters. The first-order valence-electron chi connectivity index (χ1n) is 12.7. The van der Waals surface area contributed by atoms with Gasteiger partial charge in [-0.05, 0) is 58.3 Å². The number of aliphatic hydroxyl groups is 1. The number of nitrogens with one attached hydrogen (secondary N) is 1. The number of aryl methyl sites for hydroxylation is 2. The zero-order valence-electron chi connectivity index (χ0n) is 22.5. The van der Waals surface area contributed by atoms with E-state index in [4.69, 9.17) is 10.3 Å². The average molecular weight is 589 g/mol. The summed E-state index contributed by atoms with van der Waals surface area (Å²) in [6, 6.07) is 1.50. The Kier molecular flexibility index (Phi) is 6.47. The Labute approximate surface area is 233 Å². The molecule has 0 aliphatic heterocycles. The molecule has 2 saturated carbocycles. The van der Waals surface area contributed by atoms with E-state index < -0.39 is 80.1 Å². The second-order valence-corrected chi connectivity index (χ2v) is 12.7. The number of aromatic hydroxyl groups is 1. The van der Waals surface area contributed by atoms with Gasteiger partial charge in [-0.1, -0.05) is 11.2 Å². The summed E-state index contributed by atoms with van der Waals surface area (Å²) in [6.07, 6.45) is -0.0403. The second-order valence-electron chi connectivity index (χ2n) is 11.0. The van der Waals surface area contributed by atoms with E-state index in [0.29, 0.717) is 5.56 Å². The molecule has 5 N–H and O–H groups in total. The van der Waals surface area contributed by atoms with Crippen LogP contribution in [0.25, 0.3) is 0 Å². The number of fused-ring (bicyclic) bond motifs is 3. The Morgan fingerprint density at radius 1 is 1.17 bits per heavy atom. The highest BCUT2D eigenvalue weighted by Crippen LogP contribution is 2.51. The largest absolute Gasteiger partial charge is 0.505 e. The number of phenolic OH excluding ortho intramolecular Hbond substituents is 1. The smallest absolute Gasteiger partial charge is 0.267 e. The number of carbonyl (C=O) groups is 5. The van der Waals surface area contributed by atoms with Crippen molar-refractivity contribution in [3.63, 3.8) is 0 Å². The quantitative estimate of drug-likeness (QED) is 0.250. The molecule has 1 heterocycles. The fraction of sp³-hybridized carbons (Fsp3) is 0.462. The highest BCUT2D eigenvalue weighted by molar-refractivity contribution is 7.92. The molecular weight excluding hydrogens is 560 g/mol. The Balaban J connectivity index is 1.57. The third-order valence-electron chi connectivity index (χ3n) is 8.41. The molecule has 0 radical (unpaired) electrons. The van der Waals surface area contributed by atoms with Gasteiger partial charge in [0.15, 0.2) is 51.1 Å². The van der Waals surface area contributed by atoms with Gasteiger partial charge in [0.1, 0.15) is 5.69 Å². The monoisotopic (exact) mass is 588 g/mol. The number of hydrogen-bond donors (Lipinski definition) is 4. The summed E-state index contributed by atoms with van der Waals surface area (Å²) in [4.78, 5) is 67.3. The van der Waals surface area contributed by atoms with Crippen LogP contribution in [-0.2, 0) is 35.6 Å². The van der Waals surface area contributed by atoms with Crippen molar-refractivity contribution in [1.82, 2.24) is 10.1 Å². The van der Waals surface area contributed by atoms with Crippen LogP contribution in [0.1, 0.15) is 33.8 Å². The molecule has 14 nitrogen and oxygen atoms in total. The SMILES string of the molecule is Cc1noc(C)c1S(=O)(=O)Nc1ccc2c(c1O)C(=O)C1C(=O)[C@]3(O)C(=O)C(C(N)=O)C(=O)[C@@H](N(C)C)[C@@H]3C[C@@H]1C2. The second kappa shape index (κ2) is 9.29. The van der Waals surface area contributed by atoms with E-state index in [1.807, 2.05) is 0 Å². The maximum absolute atomic E-state index is 13.9. The summed E-state index contributed by atoms with van der Waals surface area (Å²) in [5.41, 5.74) is 2.16. The zero-order chi connectivity index (χ0) is 30.3. The van der Waals surface area contributed by atoms with Crippen molar-refractivity contribution >= 4 is 44.8 Å². The highest BCUT2D eigenvalue weighted by Gasteiger charge is 2.69. The minimum absolute atomic E-state index is 0.00268. The molecule has 15 heteroatoms. The molecule has 2 unspecified atom stereocenters. The minimum Gasteiger partial charge on any atom is -0.505 e. The number of primary amides is 1. The third-order valence-corrected chi connectivity index (χ3v) is 10.0. The van der Waals surface area contributed by atoms with Crippen LogP contribution in [-0.4, -0.2) is 83.5 Å². The van der Waals surface area contributed by atoms with Gasteiger partial charge in [-0.2, -0.15) is 0 Å². The summed E-state index contributed by atoms with van der Waals surface area (Å²) in [7, 11) is -1.31. The van der Waals surface area contributed by atoms with Gasteiger partial charge in [-0.15, -0.1) is 0 Å². The summed E-state index contributed by atoms with van der Waals surface area (Å²) >= 11 is 0. The van der Waals surface area contributed by atoms with Crippen molar-refractivity contribution in [3.8, 4) is 5.75 Å². The number of anilines is 1. The molecule has 0 saturated heterocycles. The number of nitrogens with two attached hydrogens (primary N) is 1. The van der Waals surface area contributed by atoms with E-state index >= 15 is 0 Å². The normalized spacial score (nSPS) is 29.7. The summed E-state index contributed by atoms with van der Waals surface area (Å²) in [5.74, 6) is -12.0. The molecule has 218 valence electrons. The van der Waals surface area contributed by atoms with Crippen molar-refractivity contribution in [2.75, 3.05) is 18.8 Å². The summed E-state index contributed by atoms with van der Waals surface area (Å²) in [5, 5.41) is 26.3. The molecule has 2 fully saturated rings. The lowest BCUT2D eigenvalue weighted by molar-refractivity contribution is -0.181. The van der Waals surface area contributed by atoms with Crippen molar-refractivity contribution in [2.24, 2.45) is 29.4 Å². The molecule has 3 aliphatic rings. The van der Waals surface area contributed by atoms with Crippen LogP contribution < -0.4 is 10.5 Å². The van der Waals surface area contributed by atoms with Crippen LogP contribution in [0.15, 0.2) is 21.6 Å². The maximum atomic E-state index is 13.9. The Morgan fingerprint density at radius 2 is 1.83 bits per heavy atom. The van der Waals surface area contributed by atoms with Crippen molar-refractivity contribution < 1.29 is 47.1 Å². The Hall–Kier alpha value is -3.95. The topological polar surface area (TPSA) is 227 Å². The van der Waals surface area contributed by atoms with E-state index in [-0.39, 0.29) is 40.4 Å². The fourth-order valence-electron chi connectivity index (χ4n) is 6.72. The first-order chi connectivity index (χ1) is 19.0. The molecule has 1 aromatic heterocycles. The first kappa shape index (κ1) is 28.6. The Bertz CT molecular complexity index is 1640. The van der Waals surface area contributed by atoms with Crippen LogP contribution in [0.2, 0.25) is 0 Å². The summed E-state index contributed by atoms with van der Waals surface area (Å²) < 4.78 is 33.2. The van der Waals surface area contributed by atoms with Gasteiger partial charge in [0.05, 0.1) is 23.2 Å². The van der Waals surface area contributed by atoms with Crippen molar-refractivity contribution in [2.45, 2.75) is 43.2 Å². The van der Waals surface area contributed by atoms with Crippen molar-refractivity contribution in [3.05, 3.63) is 34.7 Å². The predicted octanol–water partition coefficient (Wildman–Crippen LogP) is -0.727. The van der Waals surface area contributed by atoms with E-state index in [9.17, 15) is 42.6 Å². The van der Waals surface area contributed by atoms with Crippen LogP contribution >= 0.6 is 0 Å². The average Bonchev–Trinajstić information content (AvgIpc) is 3.21. The highest BCUT2D eigenvalue weighted by atomic mass is 32.2. The van der Waals surface area contributed by atoms with Crippen molar-refractivity contribution in [1.29, 1.82) is 0 Å². The minimum atomic E-state index is -4.31. The van der Waals surface area contributed by atoms with Gasteiger partial charge in [0.2, 0.25) is 5.91 Å². The van der Waals surface area contributed by atoms with Gasteiger partial charge in [0.25, 0.3) is 10.0 Å². The van der Waals surface area contributed by atoms with Crippen LogP contribution in [0.4, 0.5) is 5.69 Å². The number of sulfonamides is 1. The van der Waals surface area contributed by atoms with Crippen LogP contribution in [0.3, 0.4) is 0 Å². The number of phenols is 1. The molecule has 3 aliphatic carbocycles. The van der Waals surface area contributed by atoms with E-state index in [1.165, 1.54) is 45.0 Å². The zero-order valence-corrected chi connectivity index (χ0v) is 23.3. The number of amides is 1. The summed E-state index contributed by atoms with van der Waals surface area (Å²) in [6.45, 7) is 2.80. The lowest BCUT2D eigenvalue weighted by Gasteiger charge is -2.52. The number of likely N-dealkylation sites (N-methyl/N-ethyl adjacent to an activating group) is 1. The lowest BCUT2D eigenvalue weighted by Crippen LogP contribution is -2.74. The van der Waals surface area contributed by atoms with Gasteiger partial charge in [-0.3, -0.25) is 33.6 Å². The molecule has 0 spiro atoms. The number of rotatable bonds is 5. The molecule has 5 rings (SSSR count). The van der Waals surface area contributed by atoms with Gasteiger partial charge in [-0.25, -0.2) is 8.42 Å². The number of carbonyl (C=O) groups excluding carboxylic acids is 5. The van der Waals surface area contributed by atoms with Gasteiger partial charge in [0, 0.05) is 5.92 Å². The standard InChI is InChI=1S/C26H28N4O10S/c1-9-22(10(2)40-28-9)41(38,39)29-14-6-5-11-7-12-8-13-18(30(3)4)21(33)17(25(27)36)24(35)26(13,37)23(34)16(12)20(32)15(11)19(14)31/h5-6,12-13,16-18,29,31,37H,7-8H2,1-4H3,(H2,27,36)/t12-,13-,16?,17?,18-,26-/m0/s1. The maximum Gasteiger partial charge on any atom is 0.267 e. The van der Waals surface area contributed by atoms with Crippen LogP contribution in [0.5, 0.6) is 5.75 Å². The number of nitrogens with zero attached hydrogens (tertiary/aromatic N) is 2. The number of benzene rings is 1. The Morgan fingerprint density at radius 3 is 2.39 bits per heavy atom. The number of ketones is 4.